The van der Waals surface area contributed by atoms with Gasteiger partial charge in [0.2, 0.25) is 5.91 Å². The molecule has 1 aromatic rings. The van der Waals surface area contributed by atoms with Crippen LogP contribution in [-0.4, -0.2) is 22.0 Å². The van der Waals surface area contributed by atoms with Crippen LogP contribution < -0.4 is 5.32 Å². The van der Waals surface area contributed by atoms with Gasteiger partial charge in [-0.15, -0.1) is 0 Å². The Labute approximate surface area is 116 Å². The highest BCUT2D eigenvalue weighted by molar-refractivity contribution is 5.86. The molecule has 1 saturated carbocycles. The van der Waals surface area contributed by atoms with Crippen LogP contribution in [0.5, 0.6) is 0 Å². The molecule has 1 fully saturated rings. The van der Waals surface area contributed by atoms with Crippen LogP contribution in [0.1, 0.15) is 12.0 Å². The smallest absolute Gasteiger partial charge is 0.307 e. The molecule has 1 heterocycles. The first-order valence-corrected chi connectivity index (χ1v) is 6.74. The highest BCUT2D eigenvalue weighted by Crippen LogP contribution is 2.48. The van der Waals surface area contributed by atoms with Crippen molar-refractivity contribution in [1.29, 1.82) is 0 Å². The van der Waals surface area contributed by atoms with Gasteiger partial charge in [-0.3, -0.25) is 14.6 Å². The second-order valence-electron chi connectivity index (χ2n) is 5.42. The molecule has 20 heavy (non-hydrogen) atoms. The average molecular weight is 272 g/mol. The lowest BCUT2D eigenvalue weighted by Gasteiger charge is -2.23. The number of pyridine rings is 1. The lowest BCUT2D eigenvalue weighted by atomic mass is 9.82. The van der Waals surface area contributed by atoms with Gasteiger partial charge < -0.3 is 10.4 Å². The van der Waals surface area contributed by atoms with Gasteiger partial charge >= 0.3 is 5.97 Å². The summed E-state index contributed by atoms with van der Waals surface area (Å²) >= 11 is 0. The quantitative estimate of drug-likeness (QED) is 0.808. The number of aromatic nitrogens is 1. The molecule has 0 aromatic carbocycles. The van der Waals surface area contributed by atoms with Crippen molar-refractivity contribution in [3.05, 3.63) is 42.2 Å². The number of amides is 1. The molecule has 5 nitrogen and oxygen atoms in total. The molecule has 4 atom stereocenters. The molecule has 5 heteroatoms. The van der Waals surface area contributed by atoms with Crippen LogP contribution in [0.3, 0.4) is 0 Å². The minimum atomic E-state index is -0.872. The van der Waals surface area contributed by atoms with Gasteiger partial charge in [-0.25, -0.2) is 0 Å². The lowest BCUT2D eigenvalue weighted by Crippen LogP contribution is -2.39. The number of carbonyl (C=O) groups is 2. The Hall–Kier alpha value is -2.17. The van der Waals surface area contributed by atoms with Crippen LogP contribution in [-0.2, 0) is 16.1 Å². The van der Waals surface area contributed by atoms with Crippen LogP contribution in [0.15, 0.2) is 36.7 Å². The van der Waals surface area contributed by atoms with E-state index in [2.05, 4.69) is 10.3 Å². The molecule has 3 rings (SSSR count). The van der Waals surface area contributed by atoms with E-state index in [1.165, 1.54) is 0 Å². The number of nitrogens with zero attached hydrogens (tertiary/aromatic N) is 1. The second kappa shape index (κ2) is 5.07. The van der Waals surface area contributed by atoms with Crippen LogP contribution in [0, 0.1) is 23.7 Å². The zero-order valence-corrected chi connectivity index (χ0v) is 10.9. The number of hydrogen-bond acceptors (Lipinski definition) is 3. The molecule has 0 unspecified atom stereocenters. The fourth-order valence-electron chi connectivity index (χ4n) is 3.33. The average Bonchev–Trinajstić information content (AvgIpc) is 3.06. The number of carbonyl (C=O) groups excluding carboxylic acids is 1. The molecular weight excluding hydrogens is 256 g/mol. The summed E-state index contributed by atoms with van der Waals surface area (Å²) in [6.07, 6.45) is 8.07. The number of nitrogens with one attached hydrogen (secondary N) is 1. The van der Waals surface area contributed by atoms with Crippen LogP contribution >= 0.6 is 0 Å². The minimum absolute atomic E-state index is 0.00615. The molecule has 0 radical (unpaired) electrons. The number of aliphatic carboxylic acids is 1. The van der Waals surface area contributed by atoms with E-state index in [9.17, 15) is 14.7 Å². The van der Waals surface area contributed by atoms with Crippen molar-refractivity contribution in [2.75, 3.05) is 0 Å². The summed E-state index contributed by atoms with van der Waals surface area (Å²) in [5.41, 5.74) is 0.909. The van der Waals surface area contributed by atoms with Gasteiger partial charge in [-0.2, -0.15) is 0 Å². The van der Waals surface area contributed by atoms with Crippen molar-refractivity contribution < 1.29 is 14.7 Å². The van der Waals surface area contributed by atoms with Gasteiger partial charge in [0.25, 0.3) is 0 Å². The topological polar surface area (TPSA) is 79.3 Å². The predicted molar refractivity (Wildman–Crippen MR) is 71.4 cm³/mol. The molecule has 2 aliphatic carbocycles. The van der Waals surface area contributed by atoms with E-state index in [-0.39, 0.29) is 17.7 Å². The van der Waals surface area contributed by atoms with E-state index in [0.717, 1.165) is 12.0 Å². The standard InChI is InChI=1S/C15H16N2O3/c18-14(17-8-9-2-1-5-16-7-9)12-10-3-4-11(6-10)13(12)15(19)20/h1-5,7,10-13H,6,8H2,(H,17,18)(H,19,20)/t10-,11+,12+,13+/m0/s1. The normalized spacial score (nSPS) is 30.4. The number of rotatable bonds is 4. The third-order valence-corrected chi connectivity index (χ3v) is 4.24. The highest BCUT2D eigenvalue weighted by atomic mass is 16.4. The van der Waals surface area contributed by atoms with Crippen molar-refractivity contribution in [2.45, 2.75) is 13.0 Å². The zero-order chi connectivity index (χ0) is 14.1. The van der Waals surface area contributed by atoms with Gasteiger partial charge in [0, 0.05) is 18.9 Å². The Balaban J connectivity index is 1.68. The maximum absolute atomic E-state index is 12.3. The Kier molecular flexibility index (Phi) is 3.26. The largest absolute Gasteiger partial charge is 0.481 e. The molecule has 1 aromatic heterocycles. The van der Waals surface area contributed by atoms with E-state index < -0.39 is 17.8 Å². The fourth-order valence-corrected chi connectivity index (χ4v) is 3.33. The summed E-state index contributed by atoms with van der Waals surface area (Å²) in [6, 6.07) is 3.68. The van der Waals surface area contributed by atoms with Crippen LogP contribution in [0.2, 0.25) is 0 Å². The lowest BCUT2D eigenvalue weighted by molar-refractivity contribution is -0.147. The Morgan fingerprint density at radius 3 is 2.70 bits per heavy atom. The van der Waals surface area contributed by atoms with Gasteiger partial charge in [0.05, 0.1) is 11.8 Å². The molecule has 0 saturated heterocycles. The summed E-state index contributed by atoms with van der Waals surface area (Å²) in [7, 11) is 0. The van der Waals surface area contributed by atoms with Crippen molar-refractivity contribution in [3.63, 3.8) is 0 Å². The maximum Gasteiger partial charge on any atom is 0.307 e. The Morgan fingerprint density at radius 1 is 1.30 bits per heavy atom. The van der Waals surface area contributed by atoms with E-state index in [0.29, 0.717) is 6.54 Å². The number of fused-ring (bicyclic) bond motifs is 2. The van der Waals surface area contributed by atoms with E-state index >= 15 is 0 Å². The molecule has 2 bridgehead atoms. The summed E-state index contributed by atoms with van der Waals surface area (Å²) in [5, 5.41) is 12.2. The van der Waals surface area contributed by atoms with Gasteiger partial charge in [-0.05, 0) is 29.9 Å². The summed E-state index contributed by atoms with van der Waals surface area (Å²) in [5.74, 6) is -2.00. The van der Waals surface area contributed by atoms with Crippen LogP contribution in [0.25, 0.3) is 0 Å². The molecule has 2 N–H and O–H groups in total. The molecule has 0 aliphatic heterocycles. The molecule has 1 amide bonds. The van der Waals surface area contributed by atoms with E-state index in [1.54, 1.807) is 12.4 Å². The molecule has 2 aliphatic rings. The first-order chi connectivity index (χ1) is 9.66. The monoisotopic (exact) mass is 272 g/mol. The predicted octanol–water partition coefficient (Wildman–Crippen LogP) is 1.22. The molecular formula is C15H16N2O3. The zero-order valence-electron chi connectivity index (χ0n) is 10.9. The van der Waals surface area contributed by atoms with Crippen molar-refractivity contribution >= 4 is 11.9 Å². The third-order valence-electron chi connectivity index (χ3n) is 4.24. The maximum atomic E-state index is 12.3. The summed E-state index contributed by atoms with van der Waals surface area (Å²) < 4.78 is 0. The number of hydrogen-bond donors (Lipinski definition) is 2. The number of carboxylic acid groups (broad SMARTS) is 1. The van der Waals surface area contributed by atoms with Gasteiger partial charge in [0.1, 0.15) is 0 Å². The van der Waals surface area contributed by atoms with Crippen molar-refractivity contribution in [2.24, 2.45) is 23.7 Å². The second-order valence-corrected chi connectivity index (χ2v) is 5.42. The van der Waals surface area contributed by atoms with E-state index in [1.807, 2.05) is 24.3 Å². The van der Waals surface area contributed by atoms with E-state index in [4.69, 9.17) is 0 Å². The van der Waals surface area contributed by atoms with Crippen molar-refractivity contribution in [1.82, 2.24) is 10.3 Å². The van der Waals surface area contributed by atoms with Crippen molar-refractivity contribution in [3.8, 4) is 0 Å². The third kappa shape index (κ3) is 2.19. The Morgan fingerprint density at radius 2 is 2.05 bits per heavy atom. The fraction of sp³-hybridized carbons (Fsp3) is 0.400. The highest BCUT2D eigenvalue weighted by Gasteiger charge is 2.51. The summed E-state index contributed by atoms with van der Waals surface area (Å²) in [4.78, 5) is 27.6. The van der Waals surface area contributed by atoms with Gasteiger partial charge in [0.15, 0.2) is 0 Å². The summed E-state index contributed by atoms with van der Waals surface area (Å²) in [6.45, 7) is 0.386. The Bertz CT molecular complexity index is 555. The molecule has 104 valence electrons. The number of carboxylic acids is 1. The number of allylic oxidation sites excluding steroid dienone is 2. The van der Waals surface area contributed by atoms with Crippen LogP contribution in [0.4, 0.5) is 0 Å². The minimum Gasteiger partial charge on any atom is -0.481 e. The molecule has 0 spiro atoms. The SMILES string of the molecule is O=C(O)[C@H]1[C@H](C(=O)NCc2cccnc2)[C@H]2C=C[C@@H]1C2. The first-order valence-electron chi connectivity index (χ1n) is 6.74. The first kappa shape index (κ1) is 12.8. The van der Waals surface area contributed by atoms with Gasteiger partial charge in [-0.1, -0.05) is 18.2 Å².